The monoisotopic (exact) mass is 456 g/mol. The molecule has 1 heterocycles. The Morgan fingerprint density at radius 2 is 2.06 bits per heavy atom. The van der Waals surface area contributed by atoms with Crippen molar-refractivity contribution >= 4 is 11.3 Å². The fourth-order valence-electron chi connectivity index (χ4n) is 6.92. The largest absolute Gasteiger partial charge is 0.393 e. The SMILES string of the molecule is C=C1C(=CC=C2CCC[C@]3(C)[C@@H]([C@H](C)CC[C@@H](O)c4cccs4)CC[C@@H]23)C[C@@H](O)C[C@@H]1O. The molecular formula is C28H40O3S. The summed E-state index contributed by atoms with van der Waals surface area (Å²) in [6, 6.07) is 4.06. The van der Waals surface area contributed by atoms with Crippen molar-refractivity contribution in [3.63, 3.8) is 0 Å². The maximum atomic E-state index is 10.5. The van der Waals surface area contributed by atoms with Crippen LogP contribution in [0.15, 0.2) is 53.0 Å². The van der Waals surface area contributed by atoms with Gasteiger partial charge in [-0.15, -0.1) is 11.3 Å². The molecule has 0 radical (unpaired) electrons. The first-order valence-corrected chi connectivity index (χ1v) is 13.3. The van der Waals surface area contributed by atoms with Crippen molar-refractivity contribution in [1.29, 1.82) is 0 Å². The van der Waals surface area contributed by atoms with Gasteiger partial charge in [-0.3, -0.25) is 0 Å². The summed E-state index contributed by atoms with van der Waals surface area (Å²) in [5.41, 5.74) is 3.65. The highest BCUT2D eigenvalue weighted by Gasteiger charge is 2.50. The summed E-state index contributed by atoms with van der Waals surface area (Å²) in [5.74, 6) is 1.93. The number of hydrogen-bond donors (Lipinski definition) is 3. The Bertz CT molecular complexity index is 854. The summed E-state index contributed by atoms with van der Waals surface area (Å²) in [7, 11) is 0. The van der Waals surface area contributed by atoms with Crippen LogP contribution in [0.1, 0.15) is 82.6 Å². The van der Waals surface area contributed by atoms with Gasteiger partial charge in [0.05, 0.1) is 18.3 Å². The van der Waals surface area contributed by atoms with Crippen LogP contribution in [0.25, 0.3) is 0 Å². The van der Waals surface area contributed by atoms with E-state index in [0.717, 1.165) is 35.3 Å². The molecule has 0 amide bonds. The Kier molecular flexibility index (Phi) is 7.46. The lowest BCUT2D eigenvalue weighted by molar-refractivity contribution is 0.0828. The van der Waals surface area contributed by atoms with Crippen molar-refractivity contribution in [3.8, 4) is 0 Å². The van der Waals surface area contributed by atoms with Gasteiger partial charge in [-0.2, -0.15) is 0 Å². The number of hydrogen-bond acceptors (Lipinski definition) is 4. The van der Waals surface area contributed by atoms with Gasteiger partial charge in [0.25, 0.3) is 0 Å². The van der Waals surface area contributed by atoms with Gasteiger partial charge in [-0.1, -0.05) is 44.2 Å². The first-order chi connectivity index (χ1) is 15.3. The minimum Gasteiger partial charge on any atom is -0.393 e. The molecule has 3 fully saturated rings. The minimum absolute atomic E-state index is 0.329. The lowest BCUT2D eigenvalue weighted by atomic mass is 9.60. The van der Waals surface area contributed by atoms with Crippen molar-refractivity contribution in [1.82, 2.24) is 0 Å². The van der Waals surface area contributed by atoms with Crippen molar-refractivity contribution in [2.75, 3.05) is 0 Å². The molecule has 1 aromatic rings. The highest BCUT2D eigenvalue weighted by molar-refractivity contribution is 7.10. The van der Waals surface area contributed by atoms with Crippen LogP contribution < -0.4 is 0 Å². The highest BCUT2D eigenvalue weighted by Crippen LogP contribution is 2.60. The Morgan fingerprint density at radius 1 is 1.25 bits per heavy atom. The van der Waals surface area contributed by atoms with E-state index in [9.17, 15) is 15.3 Å². The number of allylic oxidation sites excluding steroid dienone is 3. The van der Waals surface area contributed by atoms with E-state index >= 15 is 0 Å². The molecule has 176 valence electrons. The highest BCUT2D eigenvalue weighted by atomic mass is 32.1. The van der Waals surface area contributed by atoms with E-state index in [1.165, 1.54) is 25.7 Å². The molecular weight excluding hydrogens is 416 g/mol. The molecule has 0 bridgehead atoms. The molecule has 3 nitrogen and oxygen atoms in total. The zero-order valence-corrected chi connectivity index (χ0v) is 20.5. The van der Waals surface area contributed by atoms with Gasteiger partial charge in [0.2, 0.25) is 0 Å². The molecule has 0 saturated heterocycles. The second kappa shape index (κ2) is 9.97. The standard InChI is InChI=1S/C28H40O3S/c1-18(8-13-25(30)27-7-5-15-32-27)23-11-12-24-20(6-4-14-28(23,24)3)9-10-21-16-22(29)17-26(31)19(21)2/h5,7,9-10,15,18,22-26,29-31H,2,4,6,8,11-14,16-17H2,1,3H3/t18-,22-,23-,24+,25-,26+,28-/m1/s1. The lowest BCUT2D eigenvalue weighted by Crippen LogP contribution is -2.36. The molecule has 7 atom stereocenters. The van der Waals surface area contributed by atoms with Crippen LogP contribution in [-0.4, -0.2) is 27.5 Å². The van der Waals surface area contributed by atoms with Crippen LogP contribution >= 0.6 is 11.3 Å². The van der Waals surface area contributed by atoms with E-state index in [1.54, 1.807) is 16.9 Å². The number of rotatable bonds is 6. The second-order valence-electron chi connectivity index (χ2n) is 10.7. The predicted molar refractivity (Wildman–Crippen MR) is 132 cm³/mol. The van der Waals surface area contributed by atoms with E-state index < -0.39 is 12.2 Å². The van der Waals surface area contributed by atoms with Crippen molar-refractivity contribution in [2.24, 2.45) is 23.2 Å². The fourth-order valence-corrected chi connectivity index (χ4v) is 7.67. The Morgan fingerprint density at radius 3 is 2.81 bits per heavy atom. The molecule has 0 aliphatic heterocycles. The summed E-state index contributed by atoms with van der Waals surface area (Å²) >= 11 is 1.65. The molecule has 0 spiro atoms. The van der Waals surface area contributed by atoms with Crippen molar-refractivity contribution in [3.05, 3.63) is 57.8 Å². The molecule has 4 rings (SSSR count). The quantitative estimate of drug-likeness (QED) is 0.468. The molecule has 3 aliphatic rings. The van der Waals surface area contributed by atoms with Gasteiger partial charge < -0.3 is 15.3 Å². The van der Waals surface area contributed by atoms with Crippen LogP contribution in [0, 0.1) is 23.2 Å². The topological polar surface area (TPSA) is 60.7 Å². The van der Waals surface area contributed by atoms with E-state index in [1.807, 2.05) is 17.5 Å². The molecule has 0 unspecified atom stereocenters. The van der Waals surface area contributed by atoms with Crippen LogP contribution in [0.2, 0.25) is 0 Å². The molecule has 1 aromatic heterocycles. The summed E-state index contributed by atoms with van der Waals surface area (Å²) in [4.78, 5) is 1.09. The number of aliphatic hydroxyl groups is 3. The normalized spacial score (nSPS) is 37.6. The zero-order chi connectivity index (χ0) is 22.9. The van der Waals surface area contributed by atoms with E-state index in [2.05, 4.69) is 32.6 Å². The molecule has 32 heavy (non-hydrogen) atoms. The van der Waals surface area contributed by atoms with E-state index in [4.69, 9.17) is 0 Å². The number of fused-ring (bicyclic) bond motifs is 1. The zero-order valence-electron chi connectivity index (χ0n) is 19.7. The summed E-state index contributed by atoms with van der Waals surface area (Å²) < 4.78 is 0. The van der Waals surface area contributed by atoms with E-state index in [0.29, 0.717) is 36.0 Å². The lowest BCUT2D eigenvalue weighted by Gasteiger charge is -2.44. The van der Waals surface area contributed by atoms with Gasteiger partial charge >= 0.3 is 0 Å². The number of thiophene rings is 1. The summed E-state index contributed by atoms with van der Waals surface area (Å²) in [5, 5.41) is 32.8. The predicted octanol–water partition coefficient (Wildman–Crippen LogP) is 6.34. The third-order valence-corrected chi connectivity index (χ3v) is 9.73. The first kappa shape index (κ1) is 23.9. The number of aliphatic hydroxyl groups excluding tert-OH is 3. The molecule has 3 N–H and O–H groups in total. The van der Waals surface area contributed by atoms with Crippen LogP contribution in [-0.2, 0) is 0 Å². The smallest absolute Gasteiger partial charge is 0.0882 e. The fraction of sp³-hybridized carbons (Fsp3) is 0.643. The van der Waals surface area contributed by atoms with Crippen molar-refractivity contribution < 1.29 is 15.3 Å². The molecule has 4 heteroatoms. The third-order valence-electron chi connectivity index (χ3n) is 8.76. The van der Waals surface area contributed by atoms with Gasteiger partial charge in [0.1, 0.15) is 0 Å². The first-order valence-electron chi connectivity index (χ1n) is 12.5. The summed E-state index contributed by atoms with van der Waals surface area (Å²) in [6.45, 7) is 8.97. The van der Waals surface area contributed by atoms with Gasteiger partial charge in [-0.25, -0.2) is 0 Å². The summed E-state index contributed by atoms with van der Waals surface area (Å²) in [6.07, 6.45) is 12.1. The van der Waals surface area contributed by atoms with Crippen molar-refractivity contribution in [2.45, 2.75) is 89.9 Å². The van der Waals surface area contributed by atoms with Gasteiger partial charge in [0, 0.05) is 11.3 Å². The van der Waals surface area contributed by atoms with Gasteiger partial charge in [-0.05, 0) is 97.1 Å². The average molecular weight is 457 g/mol. The third kappa shape index (κ3) is 4.84. The molecule has 0 aromatic carbocycles. The maximum absolute atomic E-state index is 10.5. The molecule has 3 aliphatic carbocycles. The van der Waals surface area contributed by atoms with Crippen LogP contribution in [0.3, 0.4) is 0 Å². The minimum atomic E-state index is -0.624. The maximum Gasteiger partial charge on any atom is 0.0882 e. The van der Waals surface area contributed by atoms with E-state index in [-0.39, 0.29) is 6.10 Å². The molecule has 3 saturated carbocycles. The van der Waals surface area contributed by atoms with Gasteiger partial charge in [0.15, 0.2) is 0 Å². The van der Waals surface area contributed by atoms with Crippen LogP contribution in [0.5, 0.6) is 0 Å². The van der Waals surface area contributed by atoms with Crippen LogP contribution in [0.4, 0.5) is 0 Å². The Balaban J connectivity index is 1.44. The Labute approximate surface area is 197 Å². The Hall–Kier alpha value is -1.20. The average Bonchev–Trinajstić information content (AvgIpc) is 3.41. The second-order valence-corrected chi connectivity index (χ2v) is 11.7.